The van der Waals surface area contributed by atoms with Crippen LogP contribution in [0.5, 0.6) is 0 Å². The van der Waals surface area contributed by atoms with Crippen molar-refractivity contribution in [2.45, 2.75) is 10.8 Å². The third kappa shape index (κ3) is 2.64. The Morgan fingerprint density at radius 1 is 1.13 bits per heavy atom. The maximum Gasteiger partial charge on any atom is 0.204 e. The number of nitriles is 1. The van der Waals surface area contributed by atoms with E-state index >= 15 is 0 Å². The fraction of sp³-hybridized carbons (Fsp3) is 0.0833. The molecule has 0 aliphatic rings. The number of nitrogens with zero attached hydrogens (tertiary/aromatic N) is 1. The van der Waals surface area contributed by atoms with Crippen molar-refractivity contribution in [2.24, 2.45) is 0 Å². The largest absolute Gasteiger partial charge is 0.439 e. The van der Waals surface area contributed by atoms with Crippen LogP contribution in [0.15, 0.2) is 52.0 Å². The van der Waals surface area contributed by atoms with Crippen molar-refractivity contribution >= 4 is 11.8 Å². The van der Waals surface area contributed by atoms with E-state index in [1.807, 2.05) is 30.3 Å². The SMILES string of the molecule is N#Cc1ccc(SCc2ccccc2)o1. The second-order valence-electron chi connectivity index (χ2n) is 3.00. The molecule has 1 aromatic heterocycles. The molecular formula is C12H9NOS. The van der Waals surface area contributed by atoms with Crippen molar-refractivity contribution in [3.05, 3.63) is 53.8 Å². The topological polar surface area (TPSA) is 36.9 Å². The summed E-state index contributed by atoms with van der Waals surface area (Å²) in [5, 5.41) is 9.37. The van der Waals surface area contributed by atoms with E-state index in [1.165, 1.54) is 5.56 Å². The van der Waals surface area contributed by atoms with Crippen LogP contribution < -0.4 is 0 Å². The van der Waals surface area contributed by atoms with Crippen LogP contribution in [0.25, 0.3) is 0 Å². The van der Waals surface area contributed by atoms with Gasteiger partial charge in [0.05, 0.1) is 0 Å². The second kappa shape index (κ2) is 4.72. The predicted molar refractivity (Wildman–Crippen MR) is 59.4 cm³/mol. The first-order valence-corrected chi connectivity index (χ1v) is 5.54. The Balaban J connectivity index is 1.97. The predicted octanol–water partition coefficient (Wildman–Crippen LogP) is 3.44. The molecule has 0 N–H and O–H groups in total. The molecule has 2 rings (SSSR count). The Labute approximate surface area is 92.5 Å². The van der Waals surface area contributed by atoms with Crippen molar-refractivity contribution in [3.63, 3.8) is 0 Å². The highest BCUT2D eigenvalue weighted by Crippen LogP contribution is 2.24. The molecule has 0 aliphatic heterocycles. The molecule has 15 heavy (non-hydrogen) atoms. The van der Waals surface area contributed by atoms with Gasteiger partial charge in [-0.25, -0.2) is 0 Å². The minimum Gasteiger partial charge on any atom is -0.439 e. The highest BCUT2D eigenvalue weighted by molar-refractivity contribution is 7.98. The van der Waals surface area contributed by atoms with Gasteiger partial charge in [0, 0.05) is 5.75 Å². The number of furan rings is 1. The van der Waals surface area contributed by atoms with Gasteiger partial charge in [-0.2, -0.15) is 5.26 Å². The number of hydrogen-bond acceptors (Lipinski definition) is 3. The first kappa shape index (κ1) is 9.88. The van der Waals surface area contributed by atoms with Crippen LogP contribution in [0.2, 0.25) is 0 Å². The summed E-state index contributed by atoms with van der Waals surface area (Å²) in [5.41, 5.74) is 1.25. The van der Waals surface area contributed by atoms with Gasteiger partial charge in [0.1, 0.15) is 6.07 Å². The minimum absolute atomic E-state index is 0.366. The summed E-state index contributed by atoms with van der Waals surface area (Å²) in [6.07, 6.45) is 0. The van der Waals surface area contributed by atoms with Gasteiger partial charge in [0.25, 0.3) is 0 Å². The minimum atomic E-state index is 0.366. The number of thioether (sulfide) groups is 1. The molecule has 1 aromatic carbocycles. The lowest BCUT2D eigenvalue weighted by Gasteiger charge is -1.97. The average molecular weight is 215 g/mol. The van der Waals surface area contributed by atoms with Gasteiger partial charge in [-0.05, 0) is 17.7 Å². The lowest BCUT2D eigenvalue weighted by molar-refractivity contribution is 0.463. The Bertz CT molecular complexity index is 470. The number of hydrogen-bond donors (Lipinski definition) is 0. The van der Waals surface area contributed by atoms with Crippen molar-refractivity contribution in [1.29, 1.82) is 5.26 Å². The van der Waals surface area contributed by atoms with E-state index in [0.29, 0.717) is 5.76 Å². The summed E-state index contributed by atoms with van der Waals surface area (Å²) in [6.45, 7) is 0. The maximum absolute atomic E-state index is 8.58. The van der Waals surface area contributed by atoms with Crippen LogP contribution in [-0.2, 0) is 5.75 Å². The molecule has 0 spiro atoms. The molecule has 0 saturated carbocycles. The van der Waals surface area contributed by atoms with Crippen LogP contribution in [0.1, 0.15) is 11.3 Å². The number of rotatable bonds is 3. The van der Waals surface area contributed by atoms with E-state index in [4.69, 9.17) is 9.68 Å². The van der Waals surface area contributed by atoms with E-state index < -0.39 is 0 Å². The van der Waals surface area contributed by atoms with Crippen LogP contribution >= 0.6 is 11.8 Å². The molecule has 0 atom stereocenters. The molecule has 0 radical (unpaired) electrons. The molecule has 0 fully saturated rings. The van der Waals surface area contributed by atoms with Crippen molar-refractivity contribution < 1.29 is 4.42 Å². The second-order valence-corrected chi connectivity index (χ2v) is 3.98. The molecule has 2 aromatic rings. The maximum atomic E-state index is 8.58. The van der Waals surface area contributed by atoms with Crippen LogP contribution in [0.3, 0.4) is 0 Å². The van der Waals surface area contributed by atoms with Crippen molar-refractivity contribution in [1.82, 2.24) is 0 Å². The summed E-state index contributed by atoms with van der Waals surface area (Å²) < 4.78 is 5.26. The van der Waals surface area contributed by atoms with Crippen LogP contribution in [0, 0.1) is 11.3 Å². The molecule has 2 nitrogen and oxygen atoms in total. The normalized spacial score (nSPS) is 9.80. The van der Waals surface area contributed by atoms with E-state index in [-0.39, 0.29) is 0 Å². The standard InChI is InChI=1S/C12H9NOS/c13-8-11-6-7-12(14-11)15-9-10-4-2-1-3-5-10/h1-7H,9H2. The van der Waals surface area contributed by atoms with E-state index in [2.05, 4.69) is 12.1 Å². The molecular weight excluding hydrogens is 206 g/mol. The average Bonchev–Trinajstić information content (AvgIpc) is 2.76. The van der Waals surface area contributed by atoms with Gasteiger partial charge in [-0.3, -0.25) is 0 Å². The van der Waals surface area contributed by atoms with Gasteiger partial charge < -0.3 is 4.42 Å². The van der Waals surface area contributed by atoms with E-state index in [0.717, 1.165) is 10.8 Å². The first-order chi connectivity index (χ1) is 7.38. The molecule has 0 bridgehead atoms. The van der Waals surface area contributed by atoms with Gasteiger partial charge >= 0.3 is 0 Å². The Kier molecular flexibility index (Phi) is 3.11. The van der Waals surface area contributed by atoms with E-state index in [1.54, 1.807) is 17.8 Å². The molecule has 74 valence electrons. The fourth-order valence-electron chi connectivity index (χ4n) is 1.19. The summed E-state index contributed by atoms with van der Waals surface area (Å²) in [5.74, 6) is 1.23. The zero-order valence-corrected chi connectivity index (χ0v) is 8.83. The molecule has 1 heterocycles. The zero-order valence-electron chi connectivity index (χ0n) is 8.01. The van der Waals surface area contributed by atoms with E-state index in [9.17, 15) is 0 Å². The molecule has 0 saturated heterocycles. The summed E-state index contributed by atoms with van der Waals surface area (Å²) in [7, 11) is 0. The zero-order chi connectivity index (χ0) is 10.5. The summed E-state index contributed by atoms with van der Waals surface area (Å²) in [6, 6.07) is 15.6. The Hall–Kier alpha value is -1.66. The third-order valence-electron chi connectivity index (χ3n) is 1.92. The first-order valence-electron chi connectivity index (χ1n) is 4.55. The van der Waals surface area contributed by atoms with Gasteiger partial charge in [0.2, 0.25) is 5.76 Å². The van der Waals surface area contributed by atoms with Crippen molar-refractivity contribution in [3.8, 4) is 6.07 Å². The quantitative estimate of drug-likeness (QED) is 0.736. The fourth-order valence-corrected chi connectivity index (χ4v) is 2.00. The molecule has 0 amide bonds. The third-order valence-corrected chi connectivity index (χ3v) is 2.90. The monoisotopic (exact) mass is 215 g/mol. The highest BCUT2D eigenvalue weighted by atomic mass is 32.2. The smallest absolute Gasteiger partial charge is 0.204 e. The summed E-state index contributed by atoms with van der Waals surface area (Å²) in [4.78, 5) is 0. The lowest BCUT2D eigenvalue weighted by atomic mass is 10.2. The Morgan fingerprint density at radius 2 is 1.93 bits per heavy atom. The Morgan fingerprint density at radius 3 is 2.60 bits per heavy atom. The molecule has 0 unspecified atom stereocenters. The van der Waals surface area contributed by atoms with Crippen LogP contribution in [0.4, 0.5) is 0 Å². The summed E-state index contributed by atoms with van der Waals surface area (Å²) >= 11 is 1.59. The van der Waals surface area contributed by atoms with Gasteiger partial charge in [0.15, 0.2) is 5.09 Å². The number of benzene rings is 1. The highest BCUT2D eigenvalue weighted by Gasteiger charge is 2.01. The van der Waals surface area contributed by atoms with Crippen molar-refractivity contribution in [2.75, 3.05) is 0 Å². The van der Waals surface area contributed by atoms with Gasteiger partial charge in [-0.15, -0.1) is 0 Å². The molecule has 0 aliphatic carbocycles. The molecule has 3 heteroatoms. The lowest BCUT2D eigenvalue weighted by Crippen LogP contribution is -1.77. The van der Waals surface area contributed by atoms with Gasteiger partial charge in [-0.1, -0.05) is 42.1 Å². The van der Waals surface area contributed by atoms with Crippen LogP contribution in [-0.4, -0.2) is 0 Å².